The van der Waals surface area contributed by atoms with Gasteiger partial charge in [0.05, 0.1) is 12.1 Å². The monoisotopic (exact) mass is 431 g/mol. The van der Waals surface area contributed by atoms with E-state index in [4.69, 9.17) is 20.5 Å². The van der Waals surface area contributed by atoms with E-state index in [1.165, 1.54) is 24.8 Å². The molecule has 152 valence electrons. The molecule has 3 aromatic rings. The molecule has 0 unspecified atom stereocenters. The normalized spacial score (nSPS) is 11.2. The van der Waals surface area contributed by atoms with E-state index in [2.05, 4.69) is 5.32 Å². The van der Waals surface area contributed by atoms with Gasteiger partial charge >= 0.3 is 10.1 Å². The van der Waals surface area contributed by atoms with Gasteiger partial charge in [-0.3, -0.25) is 0 Å². The first-order chi connectivity index (χ1) is 13.8. The first kappa shape index (κ1) is 21.0. The molecule has 0 amide bonds. The van der Waals surface area contributed by atoms with Crippen molar-refractivity contribution in [2.24, 2.45) is 0 Å². The van der Waals surface area contributed by atoms with E-state index in [0.717, 1.165) is 16.8 Å². The van der Waals surface area contributed by atoms with Gasteiger partial charge in [-0.25, -0.2) is 0 Å². The van der Waals surface area contributed by atoms with Crippen LogP contribution in [0, 0.1) is 13.8 Å². The highest BCUT2D eigenvalue weighted by Gasteiger charge is 2.22. The second-order valence-electron chi connectivity index (χ2n) is 6.68. The first-order valence-corrected chi connectivity index (χ1v) is 10.8. The van der Waals surface area contributed by atoms with Crippen LogP contribution in [0.15, 0.2) is 65.6 Å². The van der Waals surface area contributed by atoms with Crippen LogP contribution in [-0.2, 0) is 16.7 Å². The van der Waals surface area contributed by atoms with Crippen molar-refractivity contribution >= 4 is 27.4 Å². The molecule has 3 aromatic carbocycles. The molecular weight excluding hydrogens is 410 g/mol. The van der Waals surface area contributed by atoms with Gasteiger partial charge in [-0.05, 0) is 55.8 Å². The molecule has 0 aliphatic rings. The van der Waals surface area contributed by atoms with Crippen LogP contribution in [0.2, 0.25) is 5.02 Å². The zero-order chi connectivity index (χ0) is 21.0. The summed E-state index contributed by atoms with van der Waals surface area (Å²) in [7, 11) is -2.60. The number of methoxy groups -OCH3 is 1. The van der Waals surface area contributed by atoms with E-state index in [1.54, 1.807) is 24.3 Å². The first-order valence-electron chi connectivity index (χ1n) is 8.96. The summed E-state index contributed by atoms with van der Waals surface area (Å²) in [5.41, 5.74) is 3.92. The number of ether oxygens (including phenoxy) is 1. The highest BCUT2D eigenvalue weighted by Crippen LogP contribution is 2.38. The summed E-state index contributed by atoms with van der Waals surface area (Å²) in [6, 6.07) is 17.8. The lowest BCUT2D eigenvalue weighted by Crippen LogP contribution is -2.11. The zero-order valence-electron chi connectivity index (χ0n) is 16.4. The largest absolute Gasteiger partial charge is 0.493 e. The number of hydrogen-bond donors (Lipinski definition) is 1. The van der Waals surface area contributed by atoms with Crippen LogP contribution >= 0.6 is 11.6 Å². The molecule has 0 atom stereocenters. The van der Waals surface area contributed by atoms with Crippen molar-refractivity contribution in [2.75, 3.05) is 12.4 Å². The van der Waals surface area contributed by atoms with Crippen LogP contribution in [-0.4, -0.2) is 15.5 Å². The van der Waals surface area contributed by atoms with Crippen LogP contribution in [0.3, 0.4) is 0 Å². The lowest BCUT2D eigenvalue weighted by atomic mass is 10.2. The number of anilines is 1. The standard InChI is InChI=1S/C22H22ClNO4S/c1-15-4-8-18(9-5-15)24-14-17-12-20(23)22(21(13-17)27-3)28-29(25,26)19-10-6-16(2)7-11-19/h4-13,24H,14H2,1-3H3. The molecule has 0 aliphatic carbocycles. The molecule has 0 radical (unpaired) electrons. The van der Waals surface area contributed by atoms with Crippen molar-refractivity contribution in [3.63, 3.8) is 0 Å². The number of nitrogens with one attached hydrogen (secondary N) is 1. The van der Waals surface area contributed by atoms with Gasteiger partial charge in [-0.15, -0.1) is 0 Å². The van der Waals surface area contributed by atoms with Gasteiger partial charge in [0.15, 0.2) is 5.75 Å². The number of rotatable bonds is 7. The minimum atomic E-state index is -4.04. The van der Waals surface area contributed by atoms with E-state index in [9.17, 15) is 8.42 Å². The van der Waals surface area contributed by atoms with E-state index < -0.39 is 10.1 Å². The number of hydrogen-bond acceptors (Lipinski definition) is 5. The maximum absolute atomic E-state index is 12.6. The summed E-state index contributed by atoms with van der Waals surface area (Å²) in [6.07, 6.45) is 0. The Labute approximate surface area is 176 Å². The third-order valence-corrected chi connectivity index (χ3v) is 5.86. The Morgan fingerprint density at radius 3 is 2.10 bits per heavy atom. The molecule has 0 saturated carbocycles. The molecule has 0 aromatic heterocycles. The van der Waals surface area contributed by atoms with Gasteiger partial charge in [0.2, 0.25) is 5.75 Å². The molecule has 1 N–H and O–H groups in total. The molecule has 0 heterocycles. The highest BCUT2D eigenvalue weighted by molar-refractivity contribution is 7.87. The predicted octanol–water partition coefficient (Wildman–Crippen LogP) is 5.35. The summed E-state index contributed by atoms with van der Waals surface area (Å²) in [4.78, 5) is 0.0475. The quantitative estimate of drug-likeness (QED) is 0.511. The van der Waals surface area contributed by atoms with Crippen molar-refractivity contribution in [1.82, 2.24) is 0 Å². The minimum Gasteiger partial charge on any atom is -0.493 e. The number of benzene rings is 3. The smallest absolute Gasteiger partial charge is 0.339 e. The third kappa shape index (κ3) is 5.22. The number of aryl methyl sites for hydroxylation is 2. The summed E-state index contributed by atoms with van der Waals surface area (Å²) in [5.74, 6) is 0.211. The summed E-state index contributed by atoms with van der Waals surface area (Å²) < 4.78 is 35.9. The summed E-state index contributed by atoms with van der Waals surface area (Å²) >= 11 is 6.34. The van der Waals surface area contributed by atoms with E-state index in [-0.39, 0.29) is 21.4 Å². The Bertz CT molecular complexity index is 1090. The molecule has 0 aliphatic heterocycles. The predicted molar refractivity (Wildman–Crippen MR) is 116 cm³/mol. The third-order valence-electron chi connectivity index (χ3n) is 4.34. The van der Waals surface area contributed by atoms with Crippen LogP contribution < -0.4 is 14.2 Å². The van der Waals surface area contributed by atoms with Gasteiger partial charge in [-0.2, -0.15) is 8.42 Å². The minimum absolute atomic E-state index is 0.0335. The fraction of sp³-hybridized carbons (Fsp3) is 0.182. The zero-order valence-corrected chi connectivity index (χ0v) is 18.0. The van der Waals surface area contributed by atoms with E-state index >= 15 is 0 Å². The Kier molecular flexibility index (Phi) is 6.35. The Hall–Kier alpha value is -2.70. The van der Waals surface area contributed by atoms with Gasteiger partial charge in [0.1, 0.15) is 4.90 Å². The van der Waals surface area contributed by atoms with Crippen molar-refractivity contribution in [2.45, 2.75) is 25.3 Å². The van der Waals surface area contributed by atoms with Gasteiger partial charge in [0, 0.05) is 12.2 Å². The second kappa shape index (κ2) is 8.76. The lowest BCUT2D eigenvalue weighted by Gasteiger charge is -2.15. The van der Waals surface area contributed by atoms with E-state index in [1.807, 2.05) is 38.1 Å². The fourth-order valence-corrected chi connectivity index (χ4v) is 3.97. The molecule has 29 heavy (non-hydrogen) atoms. The molecule has 7 heteroatoms. The van der Waals surface area contributed by atoms with Crippen molar-refractivity contribution < 1.29 is 17.3 Å². The van der Waals surface area contributed by atoms with Gasteiger partial charge in [-0.1, -0.05) is 47.0 Å². The molecule has 5 nitrogen and oxygen atoms in total. The molecular formula is C22H22ClNO4S. The van der Waals surface area contributed by atoms with Crippen LogP contribution in [0.4, 0.5) is 5.69 Å². The average molecular weight is 432 g/mol. The molecule has 0 spiro atoms. The van der Waals surface area contributed by atoms with Gasteiger partial charge < -0.3 is 14.2 Å². The topological polar surface area (TPSA) is 64.6 Å². The maximum Gasteiger partial charge on any atom is 0.339 e. The fourth-order valence-electron chi connectivity index (χ4n) is 2.69. The second-order valence-corrected chi connectivity index (χ2v) is 8.63. The lowest BCUT2D eigenvalue weighted by molar-refractivity contribution is 0.390. The maximum atomic E-state index is 12.6. The van der Waals surface area contributed by atoms with Crippen LogP contribution in [0.5, 0.6) is 11.5 Å². The summed E-state index contributed by atoms with van der Waals surface area (Å²) in [5, 5.41) is 3.45. The molecule has 0 saturated heterocycles. The van der Waals surface area contributed by atoms with Crippen molar-refractivity contribution in [3.8, 4) is 11.5 Å². The number of halogens is 1. The molecule has 3 rings (SSSR count). The Morgan fingerprint density at radius 2 is 1.52 bits per heavy atom. The van der Waals surface area contributed by atoms with Gasteiger partial charge in [0.25, 0.3) is 0 Å². The molecule has 0 bridgehead atoms. The SMILES string of the molecule is COc1cc(CNc2ccc(C)cc2)cc(Cl)c1OS(=O)(=O)c1ccc(C)cc1. The van der Waals surface area contributed by atoms with Crippen LogP contribution in [0.25, 0.3) is 0 Å². The summed E-state index contributed by atoms with van der Waals surface area (Å²) in [6.45, 7) is 4.39. The average Bonchev–Trinajstić information content (AvgIpc) is 2.69. The van der Waals surface area contributed by atoms with Crippen molar-refractivity contribution in [1.29, 1.82) is 0 Å². The Morgan fingerprint density at radius 1 is 0.931 bits per heavy atom. The van der Waals surface area contributed by atoms with E-state index in [0.29, 0.717) is 6.54 Å². The van der Waals surface area contributed by atoms with Crippen LogP contribution in [0.1, 0.15) is 16.7 Å². The van der Waals surface area contributed by atoms with Crippen molar-refractivity contribution in [3.05, 3.63) is 82.4 Å². The molecule has 0 fully saturated rings. The highest BCUT2D eigenvalue weighted by atomic mass is 35.5. The Balaban J connectivity index is 1.82.